The lowest BCUT2D eigenvalue weighted by Crippen LogP contribution is -1.95. The Hall–Kier alpha value is -3.07. The van der Waals surface area contributed by atoms with E-state index >= 15 is 0 Å². The van der Waals surface area contributed by atoms with E-state index in [9.17, 15) is 0 Å². The lowest BCUT2D eigenvalue weighted by atomic mass is 10.1. The van der Waals surface area contributed by atoms with Gasteiger partial charge in [-0.3, -0.25) is 4.40 Å². The van der Waals surface area contributed by atoms with Gasteiger partial charge >= 0.3 is 0 Å². The van der Waals surface area contributed by atoms with Crippen LogP contribution >= 0.6 is 0 Å². The number of para-hydroxylation sites is 1. The van der Waals surface area contributed by atoms with Crippen LogP contribution in [0.2, 0.25) is 0 Å². The van der Waals surface area contributed by atoms with E-state index in [-0.39, 0.29) is 0 Å². The SMILES string of the molecule is c1ccc(Nc2cnc3ccc(-c4ccccc4)cn23)cc1. The summed E-state index contributed by atoms with van der Waals surface area (Å²) in [5.74, 6) is 0.957. The minimum Gasteiger partial charge on any atom is -0.340 e. The van der Waals surface area contributed by atoms with Crippen LogP contribution in [0.4, 0.5) is 11.5 Å². The summed E-state index contributed by atoms with van der Waals surface area (Å²) in [6.07, 6.45) is 3.97. The highest BCUT2D eigenvalue weighted by Crippen LogP contribution is 2.23. The maximum absolute atomic E-state index is 4.45. The first kappa shape index (κ1) is 12.7. The van der Waals surface area contributed by atoms with Crippen molar-refractivity contribution < 1.29 is 0 Å². The summed E-state index contributed by atoms with van der Waals surface area (Å²) >= 11 is 0. The van der Waals surface area contributed by atoms with Crippen LogP contribution in [-0.4, -0.2) is 9.38 Å². The zero-order valence-electron chi connectivity index (χ0n) is 12.0. The summed E-state index contributed by atoms with van der Waals surface area (Å²) < 4.78 is 2.08. The third-order valence-corrected chi connectivity index (χ3v) is 3.66. The first-order valence-corrected chi connectivity index (χ1v) is 7.25. The van der Waals surface area contributed by atoms with Crippen molar-refractivity contribution in [3.05, 3.63) is 85.2 Å². The molecule has 0 amide bonds. The average molecular weight is 285 g/mol. The number of benzene rings is 2. The van der Waals surface area contributed by atoms with Gasteiger partial charge in [0.15, 0.2) is 0 Å². The molecular formula is C19H15N3. The normalized spacial score (nSPS) is 10.7. The molecule has 0 spiro atoms. The number of hydrogen-bond donors (Lipinski definition) is 1. The number of nitrogens with zero attached hydrogens (tertiary/aromatic N) is 2. The van der Waals surface area contributed by atoms with Crippen molar-refractivity contribution in [2.75, 3.05) is 5.32 Å². The van der Waals surface area contributed by atoms with Gasteiger partial charge in [-0.1, -0.05) is 48.5 Å². The Kier molecular flexibility index (Phi) is 3.09. The molecule has 0 saturated heterocycles. The molecule has 0 aliphatic carbocycles. The predicted octanol–water partition coefficient (Wildman–Crippen LogP) is 4.74. The maximum atomic E-state index is 4.45. The number of fused-ring (bicyclic) bond motifs is 1. The molecule has 0 fully saturated rings. The van der Waals surface area contributed by atoms with E-state index in [4.69, 9.17) is 0 Å². The Morgan fingerprint density at radius 2 is 1.45 bits per heavy atom. The summed E-state index contributed by atoms with van der Waals surface area (Å²) in [5, 5.41) is 3.41. The third-order valence-electron chi connectivity index (χ3n) is 3.66. The van der Waals surface area contributed by atoms with Crippen molar-refractivity contribution >= 4 is 17.2 Å². The topological polar surface area (TPSA) is 29.3 Å². The van der Waals surface area contributed by atoms with Gasteiger partial charge in [0, 0.05) is 11.9 Å². The van der Waals surface area contributed by atoms with Crippen LogP contribution in [0.3, 0.4) is 0 Å². The van der Waals surface area contributed by atoms with Crippen molar-refractivity contribution in [3.63, 3.8) is 0 Å². The van der Waals surface area contributed by atoms with Gasteiger partial charge in [-0.05, 0) is 35.4 Å². The molecule has 3 heteroatoms. The molecule has 0 aliphatic heterocycles. The molecule has 4 rings (SSSR count). The van der Waals surface area contributed by atoms with E-state index in [1.54, 1.807) is 0 Å². The maximum Gasteiger partial charge on any atom is 0.138 e. The van der Waals surface area contributed by atoms with Crippen LogP contribution < -0.4 is 5.32 Å². The molecule has 22 heavy (non-hydrogen) atoms. The fraction of sp³-hybridized carbons (Fsp3) is 0. The Bertz CT molecular complexity index is 896. The van der Waals surface area contributed by atoms with Gasteiger partial charge in [0.1, 0.15) is 11.5 Å². The molecule has 0 unspecified atom stereocenters. The van der Waals surface area contributed by atoms with Crippen LogP contribution in [-0.2, 0) is 0 Å². The molecule has 0 aliphatic rings. The van der Waals surface area contributed by atoms with Crippen LogP contribution in [0.1, 0.15) is 0 Å². The average Bonchev–Trinajstić information content (AvgIpc) is 2.99. The second-order valence-corrected chi connectivity index (χ2v) is 5.15. The summed E-state index contributed by atoms with van der Waals surface area (Å²) in [4.78, 5) is 4.45. The number of hydrogen-bond acceptors (Lipinski definition) is 2. The highest BCUT2D eigenvalue weighted by Gasteiger charge is 2.05. The summed E-state index contributed by atoms with van der Waals surface area (Å²) in [6.45, 7) is 0. The van der Waals surface area contributed by atoms with E-state index < -0.39 is 0 Å². The zero-order chi connectivity index (χ0) is 14.8. The lowest BCUT2D eigenvalue weighted by Gasteiger charge is -2.07. The molecule has 1 N–H and O–H groups in total. The fourth-order valence-corrected chi connectivity index (χ4v) is 2.54. The Morgan fingerprint density at radius 1 is 0.727 bits per heavy atom. The Morgan fingerprint density at radius 3 is 2.23 bits per heavy atom. The summed E-state index contributed by atoms with van der Waals surface area (Å²) in [5.41, 5.74) is 4.35. The van der Waals surface area contributed by atoms with Crippen molar-refractivity contribution in [1.29, 1.82) is 0 Å². The summed E-state index contributed by atoms with van der Waals surface area (Å²) in [7, 11) is 0. The number of nitrogens with one attached hydrogen (secondary N) is 1. The van der Waals surface area contributed by atoms with Gasteiger partial charge in [0.05, 0.1) is 6.20 Å². The predicted molar refractivity (Wildman–Crippen MR) is 90.4 cm³/mol. The Balaban J connectivity index is 1.77. The highest BCUT2D eigenvalue weighted by atomic mass is 15.1. The molecule has 2 aromatic carbocycles. The first-order chi connectivity index (χ1) is 10.9. The molecule has 2 aromatic heterocycles. The molecule has 0 bridgehead atoms. The van der Waals surface area contributed by atoms with Gasteiger partial charge in [-0.2, -0.15) is 0 Å². The molecular weight excluding hydrogens is 270 g/mol. The highest BCUT2D eigenvalue weighted by molar-refractivity contribution is 5.67. The molecule has 0 saturated carbocycles. The quantitative estimate of drug-likeness (QED) is 0.589. The lowest BCUT2D eigenvalue weighted by molar-refractivity contribution is 1.19. The molecule has 0 atom stereocenters. The molecule has 0 radical (unpaired) electrons. The van der Waals surface area contributed by atoms with Gasteiger partial charge in [-0.15, -0.1) is 0 Å². The minimum atomic E-state index is 0.929. The molecule has 3 nitrogen and oxygen atoms in total. The standard InChI is InChI=1S/C19H15N3/c1-3-7-15(8-4-1)16-11-12-18-20-13-19(22(18)14-16)21-17-9-5-2-6-10-17/h1-14,21H. The first-order valence-electron chi connectivity index (χ1n) is 7.25. The zero-order valence-corrected chi connectivity index (χ0v) is 12.0. The Labute approximate surface area is 128 Å². The van der Waals surface area contributed by atoms with Crippen molar-refractivity contribution in [1.82, 2.24) is 9.38 Å². The van der Waals surface area contributed by atoms with Crippen LogP contribution in [0.5, 0.6) is 0 Å². The van der Waals surface area contributed by atoms with E-state index in [0.717, 1.165) is 17.2 Å². The molecule has 106 valence electrons. The van der Waals surface area contributed by atoms with Crippen molar-refractivity contribution in [2.24, 2.45) is 0 Å². The van der Waals surface area contributed by atoms with Crippen LogP contribution in [0.15, 0.2) is 85.2 Å². The van der Waals surface area contributed by atoms with E-state index in [0.29, 0.717) is 0 Å². The molecule has 2 heterocycles. The number of anilines is 2. The van der Waals surface area contributed by atoms with E-state index in [1.165, 1.54) is 11.1 Å². The van der Waals surface area contributed by atoms with Crippen molar-refractivity contribution in [3.8, 4) is 11.1 Å². The number of aromatic nitrogens is 2. The number of pyridine rings is 1. The van der Waals surface area contributed by atoms with Gasteiger partial charge in [-0.25, -0.2) is 4.98 Å². The third kappa shape index (κ3) is 2.33. The van der Waals surface area contributed by atoms with Gasteiger partial charge < -0.3 is 5.32 Å². The summed E-state index contributed by atoms with van der Waals surface area (Å²) in [6, 6.07) is 24.6. The monoisotopic (exact) mass is 285 g/mol. The minimum absolute atomic E-state index is 0.929. The van der Waals surface area contributed by atoms with E-state index in [2.05, 4.69) is 51.2 Å². The second kappa shape index (κ2) is 5.37. The fourth-order valence-electron chi connectivity index (χ4n) is 2.54. The largest absolute Gasteiger partial charge is 0.340 e. The number of imidazole rings is 1. The van der Waals surface area contributed by atoms with Gasteiger partial charge in [0.2, 0.25) is 0 Å². The van der Waals surface area contributed by atoms with Gasteiger partial charge in [0.25, 0.3) is 0 Å². The second-order valence-electron chi connectivity index (χ2n) is 5.15. The van der Waals surface area contributed by atoms with Crippen LogP contribution in [0.25, 0.3) is 16.8 Å². The smallest absolute Gasteiger partial charge is 0.138 e. The van der Waals surface area contributed by atoms with Crippen LogP contribution in [0, 0.1) is 0 Å². The van der Waals surface area contributed by atoms with Crippen molar-refractivity contribution in [2.45, 2.75) is 0 Å². The molecule has 4 aromatic rings. The number of rotatable bonds is 3. The van der Waals surface area contributed by atoms with E-state index in [1.807, 2.05) is 48.7 Å².